The number of hydrogen-bond acceptors (Lipinski definition) is 4. The van der Waals surface area contributed by atoms with Crippen molar-refractivity contribution >= 4 is 5.91 Å². The van der Waals surface area contributed by atoms with Crippen LogP contribution < -0.4 is 11.3 Å². The van der Waals surface area contributed by atoms with E-state index in [1.54, 1.807) is 20.8 Å². The highest BCUT2D eigenvalue weighted by molar-refractivity contribution is 5.77. The largest absolute Gasteiger partial charge is 0.389 e. The van der Waals surface area contributed by atoms with Gasteiger partial charge in [0.05, 0.1) is 5.60 Å². The first-order valence-electron chi connectivity index (χ1n) is 4.67. The van der Waals surface area contributed by atoms with Gasteiger partial charge in [0.1, 0.15) is 0 Å². The SMILES string of the molecule is CC(CN(C)CC(C)(C)O)C(=O)NN. The van der Waals surface area contributed by atoms with Crippen LogP contribution in [0.3, 0.4) is 0 Å². The molecule has 0 aliphatic heterocycles. The summed E-state index contributed by atoms with van der Waals surface area (Å²) in [6, 6.07) is 0. The first-order valence-corrected chi connectivity index (χ1v) is 4.67. The Bertz CT molecular complexity index is 189. The lowest BCUT2D eigenvalue weighted by atomic mass is 10.1. The molecule has 14 heavy (non-hydrogen) atoms. The van der Waals surface area contributed by atoms with Crippen LogP contribution in [0.2, 0.25) is 0 Å². The quantitative estimate of drug-likeness (QED) is 0.314. The third kappa shape index (κ3) is 5.90. The van der Waals surface area contributed by atoms with Crippen LogP contribution in [0.15, 0.2) is 0 Å². The molecule has 1 amide bonds. The van der Waals surface area contributed by atoms with Crippen LogP contribution >= 0.6 is 0 Å². The number of nitrogens with zero attached hydrogens (tertiary/aromatic N) is 1. The number of rotatable bonds is 5. The van der Waals surface area contributed by atoms with E-state index < -0.39 is 5.60 Å². The average molecular weight is 203 g/mol. The normalized spacial score (nSPS) is 14.2. The molecular weight excluding hydrogens is 182 g/mol. The standard InChI is InChI=1S/C9H21N3O2/c1-7(8(13)11-10)5-12(4)6-9(2,3)14/h7,14H,5-6,10H2,1-4H3,(H,11,13). The molecule has 0 fully saturated rings. The lowest BCUT2D eigenvalue weighted by Crippen LogP contribution is -2.43. The van der Waals surface area contributed by atoms with Crippen molar-refractivity contribution in [2.45, 2.75) is 26.4 Å². The van der Waals surface area contributed by atoms with E-state index in [1.165, 1.54) is 0 Å². The summed E-state index contributed by atoms with van der Waals surface area (Å²) >= 11 is 0. The zero-order chi connectivity index (χ0) is 11.4. The van der Waals surface area contributed by atoms with Gasteiger partial charge in [-0.1, -0.05) is 6.92 Å². The number of likely N-dealkylation sites (N-methyl/N-ethyl adjacent to an activating group) is 1. The number of hydrogen-bond donors (Lipinski definition) is 3. The molecule has 1 unspecified atom stereocenters. The van der Waals surface area contributed by atoms with Gasteiger partial charge in [-0.15, -0.1) is 0 Å². The van der Waals surface area contributed by atoms with E-state index in [2.05, 4.69) is 5.43 Å². The Balaban J connectivity index is 3.94. The van der Waals surface area contributed by atoms with Crippen LogP contribution in [-0.4, -0.2) is 41.7 Å². The lowest BCUT2D eigenvalue weighted by Gasteiger charge is -2.27. The van der Waals surface area contributed by atoms with E-state index in [4.69, 9.17) is 5.84 Å². The highest BCUT2D eigenvalue weighted by atomic mass is 16.3. The highest BCUT2D eigenvalue weighted by Crippen LogP contribution is 2.05. The maximum Gasteiger partial charge on any atom is 0.237 e. The zero-order valence-electron chi connectivity index (χ0n) is 9.37. The molecule has 0 spiro atoms. The molecule has 0 bridgehead atoms. The van der Waals surface area contributed by atoms with Crippen LogP contribution in [0.4, 0.5) is 0 Å². The van der Waals surface area contributed by atoms with Crippen LogP contribution in [0.5, 0.6) is 0 Å². The lowest BCUT2D eigenvalue weighted by molar-refractivity contribution is -0.125. The summed E-state index contributed by atoms with van der Waals surface area (Å²) in [4.78, 5) is 13.0. The van der Waals surface area contributed by atoms with Crippen molar-refractivity contribution < 1.29 is 9.90 Å². The Labute approximate surface area is 85.2 Å². The van der Waals surface area contributed by atoms with Gasteiger partial charge in [0.2, 0.25) is 5.91 Å². The van der Waals surface area contributed by atoms with Crippen molar-refractivity contribution in [3.63, 3.8) is 0 Å². The summed E-state index contributed by atoms with van der Waals surface area (Å²) in [5.41, 5.74) is 1.36. The fraction of sp³-hybridized carbons (Fsp3) is 0.889. The first-order chi connectivity index (χ1) is 6.26. The molecule has 0 aromatic rings. The van der Waals surface area contributed by atoms with Gasteiger partial charge in [-0.05, 0) is 20.9 Å². The third-order valence-corrected chi connectivity index (χ3v) is 1.83. The number of nitrogens with two attached hydrogens (primary N) is 1. The molecule has 0 saturated carbocycles. The second-order valence-electron chi connectivity index (χ2n) is 4.42. The highest BCUT2D eigenvalue weighted by Gasteiger charge is 2.19. The van der Waals surface area contributed by atoms with E-state index in [0.29, 0.717) is 13.1 Å². The molecule has 0 aliphatic carbocycles. The fourth-order valence-corrected chi connectivity index (χ4v) is 1.42. The molecule has 0 saturated heterocycles. The number of amides is 1. The van der Waals surface area contributed by atoms with Gasteiger partial charge >= 0.3 is 0 Å². The van der Waals surface area contributed by atoms with Crippen molar-refractivity contribution in [3.05, 3.63) is 0 Å². The van der Waals surface area contributed by atoms with Crippen LogP contribution in [-0.2, 0) is 4.79 Å². The molecule has 0 heterocycles. The smallest absolute Gasteiger partial charge is 0.237 e. The molecule has 0 aromatic heterocycles. The van der Waals surface area contributed by atoms with Crippen molar-refractivity contribution in [1.29, 1.82) is 0 Å². The van der Waals surface area contributed by atoms with Crippen molar-refractivity contribution in [2.24, 2.45) is 11.8 Å². The Morgan fingerprint density at radius 3 is 2.50 bits per heavy atom. The fourth-order valence-electron chi connectivity index (χ4n) is 1.42. The van der Waals surface area contributed by atoms with Gasteiger partial charge in [-0.25, -0.2) is 5.84 Å². The van der Waals surface area contributed by atoms with Gasteiger partial charge < -0.3 is 10.0 Å². The van der Waals surface area contributed by atoms with Gasteiger partial charge in [0, 0.05) is 19.0 Å². The number of hydrazine groups is 1. The van der Waals surface area contributed by atoms with E-state index in [-0.39, 0.29) is 11.8 Å². The van der Waals surface area contributed by atoms with Crippen molar-refractivity contribution in [2.75, 3.05) is 20.1 Å². The van der Waals surface area contributed by atoms with E-state index in [1.807, 2.05) is 11.9 Å². The predicted molar refractivity (Wildman–Crippen MR) is 55.3 cm³/mol. The van der Waals surface area contributed by atoms with Gasteiger partial charge in [0.15, 0.2) is 0 Å². The topological polar surface area (TPSA) is 78.6 Å². The molecule has 0 aromatic carbocycles. The molecule has 1 atom stereocenters. The summed E-state index contributed by atoms with van der Waals surface area (Å²) in [5.74, 6) is 4.65. The zero-order valence-corrected chi connectivity index (χ0v) is 9.37. The maximum atomic E-state index is 11.1. The molecule has 0 aliphatic rings. The summed E-state index contributed by atoms with van der Waals surface area (Å²) in [6.07, 6.45) is 0. The molecule has 0 radical (unpaired) electrons. The Kier molecular flexibility index (Phi) is 5.04. The van der Waals surface area contributed by atoms with E-state index in [9.17, 15) is 9.90 Å². The minimum Gasteiger partial charge on any atom is -0.389 e. The Hall–Kier alpha value is -0.650. The third-order valence-electron chi connectivity index (χ3n) is 1.83. The average Bonchev–Trinajstić information content (AvgIpc) is 1.99. The Morgan fingerprint density at radius 1 is 1.64 bits per heavy atom. The number of aliphatic hydroxyl groups is 1. The predicted octanol–water partition coefficient (Wildman–Crippen LogP) is -0.685. The van der Waals surface area contributed by atoms with Crippen LogP contribution in [0.25, 0.3) is 0 Å². The van der Waals surface area contributed by atoms with Gasteiger partial charge in [0.25, 0.3) is 0 Å². The number of carbonyl (C=O) groups is 1. The minimum atomic E-state index is -0.742. The molecular formula is C9H21N3O2. The number of nitrogens with one attached hydrogen (secondary N) is 1. The van der Waals surface area contributed by atoms with Gasteiger partial charge in [-0.2, -0.15) is 0 Å². The van der Waals surface area contributed by atoms with Crippen molar-refractivity contribution in [1.82, 2.24) is 10.3 Å². The monoisotopic (exact) mass is 203 g/mol. The molecule has 84 valence electrons. The molecule has 4 N–H and O–H groups in total. The molecule has 5 nitrogen and oxygen atoms in total. The number of carbonyl (C=O) groups excluding carboxylic acids is 1. The second-order valence-corrected chi connectivity index (χ2v) is 4.42. The summed E-state index contributed by atoms with van der Waals surface area (Å²) < 4.78 is 0. The molecule has 5 heteroatoms. The van der Waals surface area contributed by atoms with E-state index in [0.717, 1.165) is 0 Å². The Morgan fingerprint density at radius 2 is 2.14 bits per heavy atom. The van der Waals surface area contributed by atoms with Gasteiger partial charge in [-0.3, -0.25) is 10.2 Å². The van der Waals surface area contributed by atoms with Crippen molar-refractivity contribution in [3.8, 4) is 0 Å². The van der Waals surface area contributed by atoms with Crippen LogP contribution in [0.1, 0.15) is 20.8 Å². The first kappa shape index (κ1) is 13.4. The minimum absolute atomic E-state index is 0.174. The molecule has 0 rings (SSSR count). The van der Waals surface area contributed by atoms with E-state index >= 15 is 0 Å². The summed E-state index contributed by atoms with van der Waals surface area (Å²) in [5, 5.41) is 9.53. The second kappa shape index (κ2) is 5.29. The van der Waals surface area contributed by atoms with Crippen LogP contribution in [0, 0.1) is 5.92 Å². The maximum absolute atomic E-state index is 11.1. The summed E-state index contributed by atoms with van der Waals surface area (Å²) in [7, 11) is 1.86. The summed E-state index contributed by atoms with van der Waals surface area (Å²) in [6.45, 7) is 6.36.